The molecule has 0 spiro atoms. The van der Waals surface area contributed by atoms with Crippen LogP contribution >= 0.6 is 11.6 Å². The second-order valence-corrected chi connectivity index (χ2v) is 8.66. The molecule has 9 heteroatoms. The summed E-state index contributed by atoms with van der Waals surface area (Å²) in [7, 11) is 0. The Hall–Kier alpha value is -2.19. The summed E-state index contributed by atoms with van der Waals surface area (Å²) in [5.74, 6) is -1.80. The Labute approximate surface area is 180 Å². The average Bonchev–Trinajstić information content (AvgIpc) is 2.72. The summed E-state index contributed by atoms with van der Waals surface area (Å²) in [6, 6.07) is 3.19. The fourth-order valence-electron chi connectivity index (χ4n) is 4.56. The number of carboxylic acid groups (broad SMARTS) is 2. The van der Waals surface area contributed by atoms with Gasteiger partial charge in [0.15, 0.2) is 0 Å². The molecule has 3 rings (SSSR count). The monoisotopic (exact) mass is 437 g/mol. The van der Waals surface area contributed by atoms with E-state index in [9.17, 15) is 19.5 Å². The van der Waals surface area contributed by atoms with Crippen LogP contribution in [0.4, 0.5) is 0 Å². The molecule has 8 nitrogen and oxygen atoms in total. The van der Waals surface area contributed by atoms with Crippen molar-refractivity contribution in [2.24, 2.45) is 17.8 Å². The third-order valence-electron chi connectivity index (χ3n) is 6.34. The Kier molecular flexibility index (Phi) is 7.66. The number of nitrogens with zero attached hydrogens (tertiary/aromatic N) is 3. The first kappa shape index (κ1) is 22.5. The third kappa shape index (κ3) is 5.92. The number of carboxylic acids is 2. The second-order valence-electron chi connectivity index (χ2n) is 8.27. The smallest absolute Gasteiger partial charge is 0.306 e. The number of rotatable bonds is 7. The maximum Gasteiger partial charge on any atom is 0.306 e. The van der Waals surface area contributed by atoms with Gasteiger partial charge in [0.1, 0.15) is 5.15 Å². The molecule has 2 aliphatic heterocycles. The van der Waals surface area contributed by atoms with Gasteiger partial charge in [-0.05, 0) is 69.3 Å². The lowest BCUT2D eigenvalue weighted by Crippen LogP contribution is -2.46. The molecule has 1 aromatic heterocycles. The highest BCUT2D eigenvalue weighted by Crippen LogP contribution is 2.31. The number of pyridine rings is 1. The van der Waals surface area contributed by atoms with Gasteiger partial charge in [0.25, 0.3) is 5.91 Å². The molecule has 0 aliphatic carbocycles. The van der Waals surface area contributed by atoms with E-state index in [1.165, 1.54) is 6.20 Å². The average molecular weight is 438 g/mol. The van der Waals surface area contributed by atoms with Gasteiger partial charge in [-0.3, -0.25) is 14.4 Å². The molecule has 2 N–H and O–H groups in total. The standard InChI is InChI=1S/C21H28ClN3O5/c22-18-11-16(1-6-23-18)20(28)25-10-5-15(12-19(26)27)17(13-25)4-9-24-7-2-14(3-8-24)21(29)30/h1,6,11,14-15,17H,2-5,7-10,12-13H2,(H,26,27)(H,29,30)/t15-,17-/m0/s1. The number of carbonyl (C=O) groups excluding carboxylic acids is 1. The normalized spacial score (nSPS) is 23.3. The molecule has 1 aromatic rings. The summed E-state index contributed by atoms with van der Waals surface area (Å²) in [5.41, 5.74) is 0.487. The number of hydrogen-bond acceptors (Lipinski definition) is 5. The van der Waals surface area contributed by atoms with E-state index in [4.69, 9.17) is 16.7 Å². The maximum atomic E-state index is 12.9. The molecule has 0 radical (unpaired) electrons. The molecule has 30 heavy (non-hydrogen) atoms. The van der Waals surface area contributed by atoms with Crippen LogP contribution in [0.2, 0.25) is 5.15 Å². The Bertz CT molecular complexity index is 782. The molecule has 3 heterocycles. The molecule has 2 fully saturated rings. The highest BCUT2D eigenvalue weighted by Gasteiger charge is 2.34. The topological polar surface area (TPSA) is 111 Å². The van der Waals surface area contributed by atoms with E-state index in [-0.39, 0.29) is 35.2 Å². The van der Waals surface area contributed by atoms with E-state index >= 15 is 0 Å². The second kappa shape index (κ2) is 10.2. The Morgan fingerprint density at radius 3 is 2.47 bits per heavy atom. The van der Waals surface area contributed by atoms with Crippen LogP contribution < -0.4 is 0 Å². The first-order chi connectivity index (χ1) is 14.3. The first-order valence-electron chi connectivity index (χ1n) is 10.4. The van der Waals surface area contributed by atoms with Gasteiger partial charge in [-0.25, -0.2) is 4.98 Å². The Morgan fingerprint density at radius 2 is 1.83 bits per heavy atom. The lowest BCUT2D eigenvalue weighted by molar-refractivity contribution is -0.143. The van der Waals surface area contributed by atoms with Gasteiger partial charge in [-0.2, -0.15) is 0 Å². The van der Waals surface area contributed by atoms with Gasteiger partial charge >= 0.3 is 11.9 Å². The van der Waals surface area contributed by atoms with E-state index in [1.54, 1.807) is 17.0 Å². The molecular formula is C21H28ClN3O5. The summed E-state index contributed by atoms with van der Waals surface area (Å²) in [4.78, 5) is 43.3. The van der Waals surface area contributed by atoms with Crippen molar-refractivity contribution < 1.29 is 24.6 Å². The van der Waals surface area contributed by atoms with E-state index in [0.29, 0.717) is 37.9 Å². The van der Waals surface area contributed by atoms with Crippen LogP contribution in [-0.2, 0) is 9.59 Å². The fourth-order valence-corrected chi connectivity index (χ4v) is 4.73. The van der Waals surface area contributed by atoms with Crippen molar-refractivity contribution in [3.63, 3.8) is 0 Å². The van der Waals surface area contributed by atoms with Gasteiger partial charge in [-0.1, -0.05) is 11.6 Å². The van der Waals surface area contributed by atoms with Crippen LogP contribution in [0, 0.1) is 17.8 Å². The van der Waals surface area contributed by atoms with Gasteiger partial charge in [0, 0.05) is 31.3 Å². The molecule has 0 saturated carbocycles. The van der Waals surface area contributed by atoms with E-state index in [2.05, 4.69) is 9.88 Å². The van der Waals surface area contributed by atoms with Crippen molar-refractivity contribution in [3.8, 4) is 0 Å². The van der Waals surface area contributed by atoms with Gasteiger partial charge < -0.3 is 20.0 Å². The number of likely N-dealkylation sites (tertiary alicyclic amines) is 2. The van der Waals surface area contributed by atoms with E-state index in [1.807, 2.05) is 0 Å². The van der Waals surface area contributed by atoms with Gasteiger partial charge in [0.05, 0.1) is 5.92 Å². The summed E-state index contributed by atoms with van der Waals surface area (Å²) >= 11 is 5.91. The number of hydrogen-bond donors (Lipinski definition) is 2. The minimum Gasteiger partial charge on any atom is -0.481 e. The van der Waals surface area contributed by atoms with Crippen molar-refractivity contribution in [3.05, 3.63) is 29.0 Å². The molecule has 0 bridgehead atoms. The number of piperidine rings is 2. The van der Waals surface area contributed by atoms with Crippen LogP contribution in [0.3, 0.4) is 0 Å². The van der Waals surface area contributed by atoms with Crippen molar-refractivity contribution in [2.75, 3.05) is 32.7 Å². The zero-order valence-corrected chi connectivity index (χ0v) is 17.6. The Balaban J connectivity index is 1.60. The quantitative estimate of drug-likeness (QED) is 0.630. The molecule has 0 unspecified atom stereocenters. The van der Waals surface area contributed by atoms with Gasteiger partial charge in [-0.15, -0.1) is 0 Å². The number of aromatic nitrogens is 1. The summed E-state index contributed by atoms with van der Waals surface area (Å²) in [5, 5.41) is 18.7. The summed E-state index contributed by atoms with van der Waals surface area (Å²) in [6.07, 6.45) is 4.34. The largest absolute Gasteiger partial charge is 0.481 e. The predicted octanol–water partition coefficient (Wildman–Crippen LogP) is 2.47. The molecule has 1 amide bonds. The zero-order chi connectivity index (χ0) is 21.7. The van der Waals surface area contributed by atoms with Crippen LogP contribution in [-0.4, -0.2) is 75.6 Å². The van der Waals surface area contributed by atoms with Crippen molar-refractivity contribution >= 4 is 29.4 Å². The van der Waals surface area contributed by atoms with Crippen LogP contribution in [0.5, 0.6) is 0 Å². The van der Waals surface area contributed by atoms with Crippen LogP contribution in [0.15, 0.2) is 18.3 Å². The van der Waals surface area contributed by atoms with Gasteiger partial charge in [0.2, 0.25) is 0 Å². The third-order valence-corrected chi connectivity index (χ3v) is 6.55. The molecule has 164 valence electrons. The van der Waals surface area contributed by atoms with Crippen LogP contribution in [0.1, 0.15) is 42.5 Å². The molecule has 2 atom stereocenters. The zero-order valence-electron chi connectivity index (χ0n) is 16.9. The molecular weight excluding hydrogens is 410 g/mol. The predicted molar refractivity (Wildman–Crippen MR) is 110 cm³/mol. The highest BCUT2D eigenvalue weighted by atomic mass is 35.5. The molecule has 2 saturated heterocycles. The first-order valence-corrected chi connectivity index (χ1v) is 10.8. The van der Waals surface area contributed by atoms with E-state index < -0.39 is 11.9 Å². The lowest BCUT2D eigenvalue weighted by Gasteiger charge is -2.39. The number of halogens is 1. The fraction of sp³-hybridized carbons (Fsp3) is 0.619. The SMILES string of the molecule is O=C(O)C[C@@H]1CCN(C(=O)c2ccnc(Cl)c2)C[C@@H]1CCN1CCC(C(=O)O)CC1. The van der Waals surface area contributed by atoms with Crippen LogP contribution in [0.25, 0.3) is 0 Å². The minimum absolute atomic E-state index is 0.0316. The maximum absolute atomic E-state index is 12.9. The van der Waals surface area contributed by atoms with Crippen molar-refractivity contribution in [1.82, 2.24) is 14.8 Å². The summed E-state index contributed by atoms with van der Waals surface area (Å²) < 4.78 is 0. The number of amides is 1. The lowest BCUT2D eigenvalue weighted by atomic mass is 9.80. The minimum atomic E-state index is -0.812. The molecule has 2 aliphatic rings. The summed E-state index contributed by atoms with van der Waals surface area (Å²) in [6.45, 7) is 3.31. The molecule has 0 aromatic carbocycles. The number of aliphatic carboxylic acids is 2. The van der Waals surface area contributed by atoms with Crippen molar-refractivity contribution in [1.29, 1.82) is 0 Å². The number of carbonyl (C=O) groups is 3. The van der Waals surface area contributed by atoms with E-state index in [0.717, 1.165) is 26.1 Å². The highest BCUT2D eigenvalue weighted by molar-refractivity contribution is 6.29. The van der Waals surface area contributed by atoms with Crippen molar-refractivity contribution in [2.45, 2.75) is 32.1 Å². The Morgan fingerprint density at radius 1 is 1.10 bits per heavy atom.